The molecule has 2 aromatic carbocycles. The van der Waals surface area contributed by atoms with Crippen LogP contribution in [-0.2, 0) is 4.79 Å². The molecule has 3 rings (SSSR count). The number of fused-ring (bicyclic) bond motifs is 1. The van der Waals surface area contributed by atoms with E-state index >= 15 is 0 Å². The van der Waals surface area contributed by atoms with Crippen molar-refractivity contribution in [3.63, 3.8) is 0 Å². The third kappa shape index (κ3) is 3.76. The quantitative estimate of drug-likeness (QED) is 0.618. The normalized spacial score (nSPS) is 12.0. The molecule has 3 N–H and O–H groups in total. The molecule has 26 heavy (non-hydrogen) atoms. The molecular weight excluding hydrogens is 327 g/mol. The van der Waals surface area contributed by atoms with Gasteiger partial charge in [0.1, 0.15) is 0 Å². The minimum Gasteiger partial charge on any atom is -0.423 e. The van der Waals surface area contributed by atoms with E-state index in [2.05, 4.69) is 10.3 Å². The summed E-state index contributed by atoms with van der Waals surface area (Å²) < 4.78 is 0. The van der Waals surface area contributed by atoms with Gasteiger partial charge >= 0.3 is 7.12 Å². The number of carbonyl (C=O) groups excluding carboxylic acids is 1. The Morgan fingerprint density at radius 1 is 1.15 bits per heavy atom. The number of carbonyl (C=O) groups is 1. The number of aromatic nitrogens is 1. The Labute approximate surface area is 152 Å². The lowest BCUT2D eigenvalue weighted by atomic mass is 9.76. The van der Waals surface area contributed by atoms with E-state index in [1.807, 2.05) is 37.3 Å². The lowest BCUT2D eigenvalue weighted by molar-refractivity contribution is -0.117. The first-order valence-electron chi connectivity index (χ1n) is 8.61. The molecule has 0 bridgehead atoms. The van der Waals surface area contributed by atoms with Crippen molar-refractivity contribution in [2.24, 2.45) is 0 Å². The van der Waals surface area contributed by atoms with Crippen LogP contribution < -0.4 is 10.8 Å². The van der Waals surface area contributed by atoms with Crippen LogP contribution in [0.5, 0.6) is 0 Å². The number of amides is 1. The van der Waals surface area contributed by atoms with Crippen LogP contribution in [-0.4, -0.2) is 28.1 Å². The largest absolute Gasteiger partial charge is 0.488 e. The Bertz CT molecular complexity index is 943. The van der Waals surface area contributed by atoms with Crippen LogP contribution in [0.25, 0.3) is 10.8 Å². The summed E-state index contributed by atoms with van der Waals surface area (Å²) in [6.45, 7) is 3.76. The van der Waals surface area contributed by atoms with Gasteiger partial charge in [-0.25, -0.2) is 0 Å². The molecule has 1 aromatic heterocycles. The molecule has 132 valence electrons. The van der Waals surface area contributed by atoms with Gasteiger partial charge in [-0.05, 0) is 48.0 Å². The third-order valence-electron chi connectivity index (χ3n) is 4.61. The highest BCUT2D eigenvalue weighted by molar-refractivity contribution is 6.59. The van der Waals surface area contributed by atoms with Crippen LogP contribution in [0.4, 0.5) is 5.69 Å². The smallest absolute Gasteiger partial charge is 0.423 e. The van der Waals surface area contributed by atoms with E-state index in [-0.39, 0.29) is 11.8 Å². The van der Waals surface area contributed by atoms with Gasteiger partial charge in [0.05, 0.1) is 5.92 Å². The van der Waals surface area contributed by atoms with E-state index in [1.54, 1.807) is 31.5 Å². The second-order valence-electron chi connectivity index (χ2n) is 6.38. The molecule has 1 heterocycles. The number of hydrogen-bond donors (Lipinski definition) is 3. The zero-order valence-electron chi connectivity index (χ0n) is 14.8. The number of rotatable bonds is 5. The van der Waals surface area contributed by atoms with Crippen LogP contribution in [0.1, 0.15) is 30.4 Å². The first kappa shape index (κ1) is 18.1. The maximum Gasteiger partial charge on any atom is 0.488 e. The average Bonchev–Trinajstić information content (AvgIpc) is 2.62. The summed E-state index contributed by atoms with van der Waals surface area (Å²) >= 11 is 0. The molecule has 3 aromatic rings. The molecule has 0 saturated heterocycles. The van der Waals surface area contributed by atoms with Crippen LogP contribution in [0.3, 0.4) is 0 Å². The van der Waals surface area contributed by atoms with Gasteiger partial charge in [-0.15, -0.1) is 0 Å². The Kier molecular flexibility index (Phi) is 5.35. The Morgan fingerprint density at radius 2 is 1.96 bits per heavy atom. The third-order valence-corrected chi connectivity index (χ3v) is 4.61. The van der Waals surface area contributed by atoms with E-state index in [1.165, 1.54) is 0 Å². The van der Waals surface area contributed by atoms with E-state index in [0.29, 0.717) is 11.9 Å². The Balaban J connectivity index is 1.83. The van der Waals surface area contributed by atoms with Gasteiger partial charge in [-0.3, -0.25) is 9.78 Å². The summed E-state index contributed by atoms with van der Waals surface area (Å²) in [4.78, 5) is 16.9. The van der Waals surface area contributed by atoms with Crippen molar-refractivity contribution < 1.29 is 14.8 Å². The van der Waals surface area contributed by atoms with Gasteiger partial charge < -0.3 is 15.4 Å². The number of benzene rings is 2. The van der Waals surface area contributed by atoms with Crippen molar-refractivity contribution in [2.45, 2.75) is 26.2 Å². The lowest BCUT2D eigenvalue weighted by Gasteiger charge is -2.17. The summed E-state index contributed by atoms with van der Waals surface area (Å²) in [5, 5.41) is 23.7. The molecule has 0 saturated carbocycles. The molecular formula is C20H21BN2O3. The molecule has 6 heteroatoms. The van der Waals surface area contributed by atoms with Gasteiger partial charge in [-0.1, -0.05) is 36.8 Å². The zero-order valence-corrected chi connectivity index (χ0v) is 14.8. The maximum atomic E-state index is 12.8. The molecule has 5 nitrogen and oxygen atoms in total. The van der Waals surface area contributed by atoms with Gasteiger partial charge in [0.25, 0.3) is 0 Å². The molecule has 1 unspecified atom stereocenters. The van der Waals surface area contributed by atoms with Gasteiger partial charge in [0.2, 0.25) is 5.91 Å². The van der Waals surface area contributed by atoms with Crippen LogP contribution in [0, 0.1) is 6.92 Å². The van der Waals surface area contributed by atoms with Gasteiger partial charge in [0, 0.05) is 23.5 Å². The number of nitrogens with zero attached hydrogens (tertiary/aromatic N) is 1. The highest BCUT2D eigenvalue weighted by Gasteiger charge is 2.21. The second kappa shape index (κ2) is 7.68. The molecule has 0 aliphatic heterocycles. The first-order chi connectivity index (χ1) is 12.5. The average molecular weight is 348 g/mol. The van der Waals surface area contributed by atoms with Crippen molar-refractivity contribution in [3.8, 4) is 0 Å². The van der Waals surface area contributed by atoms with Crippen molar-refractivity contribution in [1.29, 1.82) is 0 Å². The fourth-order valence-electron chi connectivity index (χ4n) is 3.17. The minimum atomic E-state index is -1.51. The molecule has 1 amide bonds. The second-order valence-corrected chi connectivity index (χ2v) is 6.38. The summed E-state index contributed by atoms with van der Waals surface area (Å²) in [7, 11) is -1.51. The van der Waals surface area contributed by atoms with Gasteiger partial charge in [-0.2, -0.15) is 0 Å². The molecule has 0 aliphatic carbocycles. The Hall–Kier alpha value is -2.70. The zero-order chi connectivity index (χ0) is 18.7. The Morgan fingerprint density at radius 3 is 2.65 bits per heavy atom. The molecule has 0 aliphatic rings. The summed E-state index contributed by atoms with van der Waals surface area (Å²) in [5.74, 6) is -0.399. The predicted molar refractivity (Wildman–Crippen MR) is 104 cm³/mol. The summed E-state index contributed by atoms with van der Waals surface area (Å²) in [5.41, 5.74) is 2.80. The van der Waals surface area contributed by atoms with E-state index in [9.17, 15) is 14.8 Å². The number of nitrogens with one attached hydrogen (secondary N) is 1. The predicted octanol–water partition coefficient (Wildman–Crippen LogP) is 2.36. The van der Waals surface area contributed by atoms with Crippen molar-refractivity contribution >= 4 is 34.9 Å². The highest BCUT2D eigenvalue weighted by atomic mass is 16.4. The van der Waals surface area contributed by atoms with Crippen molar-refractivity contribution in [2.75, 3.05) is 5.32 Å². The summed E-state index contributed by atoms with van der Waals surface area (Å²) in [6.07, 6.45) is 4.15. The molecule has 0 radical (unpaired) electrons. The topological polar surface area (TPSA) is 82.5 Å². The van der Waals surface area contributed by atoms with E-state index < -0.39 is 7.12 Å². The number of pyridine rings is 1. The maximum absolute atomic E-state index is 12.8. The summed E-state index contributed by atoms with van der Waals surface area (Å²) in [6, 6.07) is 12.9. The lowest BCUT2D eigenvalue weighted by Crippen LogP contribution is -2.32. The van der Waals surface area contributed by atoms with Crippen molar-refractivity contribution in [3.05, 3.63) is 66.0 Å². The standard InChI is InChI=1S/C20H21BN2O3/c1-3-18(15-5-7-19(21(25)26)13(2)10-15)20(24)23-17-6-4-16-12-22-9-8-14(16)11-17/h4-12,18,25-26H,3H2,1-2H3,(H,23,24). The molecule has 0 fully saturated rings. The first-order valence-corrected chi connectivity index (χ1v) is 8.61. The fraction of sp³-hybridized carbons (Fsp3) is 0.200. The monoisotopic (exact) mass is 348 g/mol. The van der Waals surface area contributed by atoms with Crippen molar-refractivity contribution in [1.82, 2.24) is 4.98 Å². The number of anilines is 1. The fourth-order valence-corrected chi connectivity index (χ4v) is 3.17. The minimum absolute atomic E-state index is 0.0856. The molecule has 0 spiro atoms. The van der Waals surface area contributed by atoms with Crippen LogP contribution >= 0.6 is 0 Å². The van der Waals surface area contributed by atoms with Crippen LogP contribution in [0.15, 0.2) is 54.9 Å². The number of hydrogen-bond acceptors (Lipinski definition) is 4. The van der Waals surface area contributed by atoms with Crippen LogP contribution in [0.2, 0.25) is 0 Å². The van der Waals surface area contributed by atoms with Gasteiger partial charge in [0.15, 0.2) is 0 Å². The van der Waals surface area contributed by atoms with E-state index in [4.69, 9.17) is 0 Å². The highest BCUT2D eigenvalue weighted by Crippen LogP contribution is 2.24. The van der Waals surface area contributed by atoms with E-state index in [0.717, 1.165) is 27.6 Å². The molecule has 1 atom stereocenters. The SMILES string of the molecule is CCC(C(=O)Nc1ccc2cnccc2c1)c1ccc(B(O)O)c(C)c1. The number of aryl methyl sites for hydroxylation is 1.